The average molecular weight is 506 g/mol. The van der Waals surface area contributed by atoms with Gasteiger partial charge >= 0.3 is 0 Å². The Morgan fingerprint density at radius 1 is 1.00 bits per heavy atom. The highest BCUT2D eigenvalue weighted by molar-refractivity contribution is 14.0. The standard InChI is InChI=1S/C22H26N4S.HI/c1-17-25-15-20(27-17)16-26-22(23-2)24-14-13-21(18-9-5-3-6-10-18)19-11-7-4-8-12-19;/h3-12,15,21H,13-14,16H2,1-2H3,(H2,23,24,26);1H. The van der Waals surface area contributed by atoms with Gasteiger partial charge in [0.15, 0.2) is 5.96 Å². The first-order chi connectivity index (χ1) is 13.3. The zero-order chi connectivity index (χ0) is 18.9. The SMILES string of the molecule is CN=C(NCCC(c1ccccc1)c1ccccc1)NCc1cnc(C)s1.I. The number of aromatic nitrogens is 1. The first kappa shape index (κ1) is 22.4. The van der Waals surface area contributed by atoms with Crippen LogP contribution in [0.5, 0.6) is 0 Å². The molecule has 0 saturated carbocycles. The van der Waals surface area contributed by atoms with Crippen LogP contribution in [-0.2, 0) is 6.54 Å². The van der Waals surface area contributed by atoms with Crippen molar-refractivity contribution in [3.05, 3.63) is 87.9 Å². The number of aryl methyl sites for hydroxylation is 1. The molecular formula is C22H27IN4S. The molecule has 1 heterocycles. The third-order valence-corrected chi connectivity index (χ3v) is 5.36. The van der Waals surface area contributed by atoms with E-state index in [1.165, 1.54) is 16.0 Å². The molecule has 28 heavy (non-hydrogen) atoms. The number of nitrogens with one attached hydrogen (secondary N) is 2. The molecule has 0 aliphatic carbocycles. The molecule has 0 unspecified atom stereocenters. The lowest BCUT2D eigenvalue weighted by Gasteiger charge is -2.19. The number of nitrogens with zero attached hydrogens (tertiary/aromatic N) is 2. The molecule has 0 radical (unpaired) electrons. The molecule has 3 rings (SSSR count). The molecule has 0 amide bonds. The van der Waals surface area contributed by atoms with E-state index in [0.717, 1.165) is 30.5 Å². The van der Waals surface area contributed by atoms with E-state index in [-0.39, 0.29) is 24.0 Å². The van der Waals surface area contributed by atoms with E-state index in [9.17, 15) is 0 Å². The Hall–Kier alpha value is -1.93. The van der Waals surface area contributed by atoms with Crippen LogP contribution in [0.4, 0.5) is 0 Å². The molecule has 2 N–H and O–H groups in total. The van der Waals surface area contributed by atoms with Gasteiger partial charge in [-0.25, -0.2) is 4.98 Å². The number of halogens is 1. The number of hydrogen-bond donors (Lipinski definition) is 2. The first-order valence-corrected chi connectivity index (χ1v) is 10.0. The van der Waals surface area contributed by atoms with Gasteiger partial charge in [-0.15, -0.1) is 35.3 Å². The van der Waals surface area contributed by atoms with Gasteiger partial charge in [-0.3, -0.25) is 4.99 Å². The fourth-order valence-electron chi connectivity index (χ4n) is 3.11. The monoisotopic (exact) mass is 506 g/mol. The molecular weight excluding hydrogens is 479 g/mol. The highest BCUT2D eigenvalue weighted by Crippen LogP contribution is 2.27. The number of thiazole rings is 1. The molecule has 3 aromatic rings. The zero-order valence-electron chi connectivity index (χ0n) is 16.3. The summed E-state index contributed by atoms with van der Waals surface area (Å²) in [4.78, 5) is 9.83. The van der Waals surface area contributed by atoms with E-state index >= 15 is 0 Å². The van der Waals surface area contributed by atoms with Crippen LogP contribution in [0.1, 0.15) is 33.4 Å². The van der Waals surface area contributed by atoms with Crippen molar-refractivity contribution in [3.63, 3.8) is 0 Å². The van der Waals surface area contributed by atoms with E-state index < -0.39 is 0 Å². The summed E-state index contributed by atoms with van der Waals surface area (Å²) in [5, 5.41) is 7.89. The van der Waals surface area contributed by atoms with Crippen molar-refractivity contribution < 1.29 is 0 Å². The molecule has 6 heteroatoms. The summed E-state index contributed by atoms with van der Waals surface area (Å²) in [5.41, 5.74) is 2.68. The summed E-state index contributed by atoms with van der Waals surface area (Å²) in [5.74, 6) is 1.18. The van der Waals surface area contributed by atoms with Gasteiger partial charge in [-0.05, 0) is 24.5 Å². The maximum atomic E-state index is 4.33. The predicted octanol–water partition coefficient (Wildman–Crippen LogP) is 4.96. The second-order valence-electron chi connectivity index (χ2n) is 6.36. The summed E-state index contributed by atoms with van der Waals surface area (Å²) in [6.07, 6.45) is 2.91. The molecule has 2 aromatic carbocycles. The summed E-state index contributed by atoms with van der Waals surface area (Å²) in [7, 11) is 1.80. The van der Waals surface area contributed by atoms with E-state index in [1.54, 1.807) is 18.4 Å². The van der Waals surface area contributed by atoms with Crippen molar-refractivity contribution >= 4 is 41.3 Å². The van der Waals surface area contributed by atoms with E-state index in [2.05, 4.69) is 81.3 Å². The van der Waals surface area contributed by atoms with E-state index in [4.69, 9.17) is 0 Å². The van der Waals surface area contributed by atoms with Gasteiger partial charge in [0, 0.05) is 30.6 Å². The lowest BCUT2D eigenvalue weighted by atomic mass is 9.88. The van der Waals surface area contributed by atoms with Crippen molar-refractivity contribution in [2.45, 2.75) is 25.8 Å². The van der Waals surface area contributed by atoms with Crippen LogP contribution in [0.2, 0.25) is 0 Å². The normalized spacial score (nSPS) is 11.2. The Kier molecular flexibility index (Phi) is 9.43. The maximum Gasteiger partial charge on any atom is 0.191 e. The average Bonchev–Trinajstić information content (AvgIpc) is 3.14. The number of guanidine groups is 1. The number of aliphatic imine (C=N–C) groups is 1. The zero-order valence-corrected chi connectivity index (χ0v) is 19.4. The Morgan fingerprint density at radius 2 is 1.61 bits per heavy atom. The van der Waals surface area contributed by atoms with Crippen molar-refractivity contribution in [2.75, 3.05) is 13.6 Å². The quantitative estimate of drug-likeness (QED) is 0.271. The summed E-state index contributed by atoms with van der Waals surface area (Å²) >= 11 is 1.71. The molecule has 0 aliphatic heterocycles. The molecule has 0 fully saturated rings. The smallest absolute Gasteiger partial charge is 0.191 e. The Balaban J connectivity index is 0.00000280. The van der Waals surface area contributed by atoms with Crippen LogP contribution in [0, 0.1) is 6.92 Å². The minimum Gasteiger partial charge on any atom is -0.356 e. The Morgan fingerprint density at radius 3 is 2.11 bits per heavy atom. The van der Waals surface area contributed by atoms with Gasteiger partial charge in [-0.1, -0.05) is 60.7 Å². The Bertz CT molecular complexity index is 810. The van der Waals surface area contributed by atoms with E-state index in [0.29, 0.717) is 5.92 Å². The molecule has 1 aromatic heterocycles. The number of benzene rings is 2. The van der Waals surface area contributed by atoms with Crippen LogP contribution in [0.15, 0.2) is 71.9 Å². The van der Waals surface area contributed by atoms with Gasteiger partial charge in [0.1, 0.15) is 0 Å². The van der Waals surface area contributed by atoms with Crippen molar-refractivity contribution in [1.82, 2.24) is 15.6 Å². The van der Waals surface area contributed by atoms with Crippen molar-refractivity contribution in [1.29, 1.82) is 0 Å². The third kappa shape index (κ3) is 6.60. The highest BCUT2D eigenvalue weighted by atomic mass is 127. The highest BCUT2D eigenvalue weighted by Gasteiger charge is 2.13. The second-order valence-corrected chi connectivity index (χ2v) is 7.68. The van der Waals surface area contributed by atoms with Crippen molar-refractivity contribution in [3.8, 4) is 0 Å². The minimum absolute atomic E-state index is 0. The molecule has 0 spiro atoms. The van der Waals surface area contributed by atoms with Crippen LogP contribution in [0.3, 0.4) is 0 Å². The summed E-state index contributed by atoms with van der Waals surface area (Å²) in [6.45, 7) is 3.61. The number of hydrogen-bond acceptors (Lipinski definition) is 3. The van der Waals surface area contributed by atoms with Gasteiger partial charge in [0.05, 0.1) is 11.6 Å². The van der Waals surface area contributed by atoms with Crippen LogP contribution >= 0.6 is 35.3 Å². The molecule has 0 bridgehead atoms. The van der Waals surface area contributed by atoms with Crippen LogP contribution in [0.25, 0.3) is 0 Å². The predicted molar refractivity (Wildman–Crippen MR) is 130 cm³/mol. The fourth-order valence-corrected chi connectivity index (χ4v) is 3.84. The molecule has 0 atom stereocenters. The van der Waals surface area contributed by atoms with Crippen LogP contribution in [-0.4, -0.2) is 24.5 Å². The molecule has 0 saturated heterocycles. The van der Waals surface area contributed by atoms with Gasteiger partial charge in [0.25, 0.3) is 0 Å². The molecule has 0 aliphatic rings. The second kappa shape index (κ2) is 11.8. The van der Waals surface area contributed by atoms with Gasteiger partial charge in [-0.2, -0.15) is 0 Å². The fraction of sp³-hybridized carbons (Fsp3) is 0.273. The van der Waals surface area contributed by atoms with E-state index in [1.807, 2.05) is 13.1 Å². The van der Waals surface area contributed by atoms with Gasteiger partial charge in [0.2, 0.25) is 0 Å². The first-order valence-electron chi connectivity index (χ1n) is 9.22. The lowest BCUT2D eigenvalue weighted by Crippen LogP contribution is -2.37. The third-order valence-electron chi connectivity index (χ3n) is 4.45. The van der Waals surface area contributed by atoms with Crippen LogP contribution < -0.4 is 10.6 Å². The topological polar surface area (TPSA) is 49.3 Å². The maximum absolute atomic E-state index is 4.33. The largest absolute Gasteiger partial charge is 0.356 e. The molecule has 148 valence electrons. The molecule has 4 nitrogen and oxygen atoms in total. The van der Waals surface area contributed by atoms with Crippen molar-refractivity contribution in [2.24, 2.45) is 4.99 Å². The Labute approximate surface area is 188 Å². The lowest BCUT2D eigenvalue weighted by molar-refractivity contribution is 0.679. The van der Waals surface area contributed by atoms with Gasteiger partial charge < -0.3 is 10.6 Å². The minimum atomic E-state index is 0. The summed E-state index contributed by atoms with van der Waals surface area (Å²) < 4.78 is 0. The number of rotatable bonds is 7. The summed E-state index contributed by atoms with van der Waals surface area (Å²) in [6, 6.07) is 21.4.